The van der Waals surface area contributed by atoms with Gasteiger partial charge in [0.15, 0.2) is 6.29 Å². The van der Waals surface area contributed by atoms with Gasteiger partial charge >= 0.3 is 0 Å². The van der Waals surface area contributed by atoms with E-state index in [1.54, 1.807) is 0 Å². The molecular formula is C15H26O9. The molecule has 0 aromatic heterocycles. The molecule has 5 atom stereocenters. The van der Waals surface area contributed by atoms with Gasteiger partial charge in [0.05, 0.1) is 46.2 Å². The van der Waals surface area contributed by atoms with Crippen molar-refractivity contribution in [2.45, 2.75) is 30.7 Å². The van der Waals surface area contributed by atoms with Crippen molar-refractivity contribution in [3.05, 3.63) is 0 Å². The van der Waals surface area contributed by atoms with Gasteiger partial charge in [-0.1, -0.05) is 5.92 Å². The minimum atomic E-state index is -1.45. The van der Waals surface area contributed by atoms with Crippen LogP contribution >= 0.6 is 0 Å². The lowest BCUT2D eigenvalue weighted by atomic mass is 9.99. The van der Waals surface area contributed by atoms with E-state index in [9.17, 15) is 15.3 Å². The van der Waals surface area contributed by atoms with Gasteiger partial charge in [-0.15, -0.1) is 6.42 Å². The number of hydrogen-bond acceptors (Lipinski definition) is 9. The van der Waals surface area contributed by atoms with Crippen LogP contribution in [0.25, 0.3) is 0 Å². The molecular weight excluding hydrogens is 324 g/mol. The number of rotatable bonds is 12. The highest BCUT2D eigenvalue weighted by Gasteiger charge is 2.43. The molecule has 1 aliphatic rings. The predicted octanol–water partition coefficient (Wildman–Crippen LogP) is -2.51. The molecule has 9 heteroatoms. The molecule has 0 spiro atoms. The zero-order valence-electron chi connectivity index (χ0n) is 13.5. The van der Waals surface area contributed by atoms with E-state index in [0.717, 1.165) is 0 Å². The monoisotopic (exact) mass is 350 g/mol. The highest BCUT2D eigenvalue weighted by molar-refractivity contribution is 4.88. The van der Waals surface area contributed by atoms with Crippen molar-refractivity contribution >= 4 is 0 Å². The van der Waals surface area contributed by atoms with Crippen molar-refractivity contribution in [2.75, 3.05) is 52.9 Å². The van der Waals surface area contributed by atoms with E-state index in [1.807, 2.05) is 0 Å². The summed E-state index contributed by atoms with van der Waals surface area (Å²) in [6.45, 7) is 1.68. The third-order valence-electron chi connectivity index (χ3n) is 3.29. The van der Waals surface area contributed by atoms with Gasteiger partial charge in [0.1, 0.15) is 31.0 Å². The number of aliphatic hydroxyl groups is 4. The number of hydrogen-bond donors (Lipinski definition) is 4. The second-order valence-corrected chi connectivity index (χ2v) is 5.05. The van der Waals surface area contributed by atoms with Gasteiger partial charge in [0, 0.05) is 0 Å². The molecule has 0 aliphatic carbocycles. The first-order chi connectivity index (χ1) is 11.6. The van der Waals surface area contributed by atoms with Gasteiger partial charge in [-0.25, -0.2) is 0 Å². The summed E-state index contributed by atoms with van der Waals surface area (Å²) < 4.78 is 26.0. The van der Waals surface area contributed by atoms with E-state index in [0.29, 0.717) is 26.4 Å². The van der Waals surface area contributed by atoms with E-state index in [4.69, 9.17) is 35.2 Å². The predicted molar refractivity (Wildman–Crippen MR) is 81.0 cm³/mol. The second kappa shape index (κ2) is 12.5. The topological polar surface area (TPSA) is 127 Å². The Morgan fingerprint density at radius 1 is 0.833 bits per heavy atom. The molecule has 0 saturated carbocycles. The summed E-state index contributed by atoms with van der Waals surface area (Å²) in [5, 5.41) is 38.0. The summed E-state index contributed by atoms with van der Waals surface area (Å²) in [6.07, 6.45) is -1.37. The molecule has 0 radical (unpaired) electrons. The Hall–Kier alpha value is -0.800. The Labute approximate surface area is 141 Å². The quantitative estimate of drug-likeness (QED) is 0.223. The summed E-state index contributed by atoms with van der Waals surface area (Å²) in [5.41, 5.74) is 0. The first-order valence-electron chi connectivity index (χ1n) is 7.70. The van der Waals surface area contributed by atoms with Crippen LogP contribution in [0.3, 0.4) is 0 Å². The molecule has 0 bridgehead atoms. The fourth-order valence-corrected chi connectivity index (χ4v) is 2.00. The average Bonchev–Trinajstić information content (AvgIpc) is 2.59. The SMILES string of the molecule is C#CCOCCOCCOCCO[C@@H]1OC(CO)[C@@H](O)C(O)[C@@H]1O. The van der Waals surface area contributed by atoms with Gasteiger partial charge in [-0.2, -0.15) is 0 Å². The summed E-state index contributed by atoms with van der Waals surface area (Å²) in [5.74, 6) is 2.35. The lowest BCUT2D eigenvalue weighted by molar-refractivity contribution is -0.302. The van der Waals surface area contributed by atoms with E-state index in [2.05, 4.69) is 5.92 Å². The van der Waals surface area contributed by atoms with Crippen molar-refractivity contribution in [3.8, 4) is 12.3 Å². The maximum absolute atomic E-state index is 9.76. The molecule has 0 amide bonds. The van der Waals surface area contributed by atoms with Gasteiger partial charge < -0.3 is 44.1 Å². The third kappa shape index (κ3) is 7.40. The lowest BCUT2D eigenvalue weighted by Gasteiger charge is -2.39. The number of aliphatic hydroxyl groups excluding tert-OH is 4. The standard InChI is InChI=1S/C15H26O9/c1-2-3-20-4-5-21-6-7-22-8-9-23-15-14(19)13(18)12(17)11(10-16)24-15/h1,11-19H,3-10H2/t11?,12-,13?,14+,15-/m1/s1. The highest BCUT2D eigenvalue weighted by atomic mass is 16.7. The molecule has 2 unspecified atom stereocenters. The van der Waals surface area contributed by atoms with Crippen molar-refractivity contribution < 1.29 is 44.1 Å². The normalized spacial score (nSPS) is 30.2. The molecule has 0 aromatic carbocycles. The van der Waals surface area contributed by atoms with Crippen LogP contribution in [0.2, 0.25) is 0 Å². The molecule has 140 valence electrons. The van der Waals surface area contributed by atoms with Crippen LogP contribution in [0, 0.1) is 12.3 Å². The van der Waals surface area contributed by atoms with E-state index in [1.165, 1.54) is 0 Å². The van der Waals surface area contributed by atoms with Crippen LogP contribution in [0.5, 0.6) is 0 Å². The van der Waals surface area contributed by atoms with Gasteiger partial charge in [0.25, 0.3) is 0 Å². The first-order valence-corrected chi connectivity index (χ1v) is 7.70. The summed E-state index contributed by atoms with van der Waals surface area (Å²) in [7, 11) is 0. The molecule has 4 N–H and O–H groups in total. The van der Waals surface area contributed by atoms with E-state index >= 15 is 0 Å². The molecule has 9 nitrogen and oxygen atoms in total. The van der Waals surface area contributed by atoms with Gasteiger partial charge in [-0.3, -0.25) is 0 Å². The Bertz CT molecular complexity index is 357. The number of ether oxygens (including phenoxy) is 5. The minimum Gasteiger partial charge on any atom is -0.394 e. The van der Waals surface area contributed by atoms with Crippen molar-refractivity contribution in [1.82, 2.24) is 0 Å². The maximum atomic E-state index is 9.76. The van der Waals surface area contributed by atoms with Gasteiger partial charge in [-0.05, 0) is 0 Å². The highest BCUT2D eigenvalue weighted by Crippen LogP contribution is 2.21. The summed E-state index contributed by atoms with van der Waals surface area (Å²) in [6, 6.07) is 0. The largest absolute Gasteiger partial charge is 0.394 e. The Morgan fingerprint density at radius 3 is 2.00 bits per heavy atom. The van der Waals surface area contributed by atoms with Gasteiger partial charge in [0.2, 0.25) is 0 Å². The van der Waals surface area contributed by atoms with Crippen LogP contribution in [0.15, 0.2) is 0 Å². The average molecular weight is 350 g/mol. The Kier molecular flexibility index (Phi) is 11.1. The minimum absolute atomic E-state index is 0.105. The molecule has 1 heterocycles. The second-order valence-electron chi connectivity index (χ2n) is 5.05. The first kappa shape index (κ1) is 21.2. The Balaban J connectivity index is 2.03. The molecule has 1 aliphatic heterocycles. The molecule has 24 heavy (non-hydrogen) atoms. The molecule has 1 rings (SSSR count). The lowest BCUT2D eigenvalue weighted by Crippen LogP contribution is -2.59. The van der Waals surface area contributed by atoms with Crippen LogP contribution in [0.4, 0.5) is 0 Å². The molecule has 1 saturated heterocycles. The number of terminal acetylenes is 1. The Morgan fingerprint density at radius 2 is 1.42 bits per heavy atom. The molecule has 1 fully saturated rings. The van der Waals surface area contributed by atoms with Crippen LogP contribution < -0.4 is 0 Å². The smallest absolute Gasteiger partial charge is 0.186 e. The fraction of sp³-hybridized carbons (Fsp3) is 0.867. The van der Waals surface area contributed by atoms with Crippen molar-refractivity contribution in [3.63, 3.8) is 0 Å². The van der Waals surface area contributed by atoms with Crippen molar-refractivity contribution in [2.24, 2.45) is 0 Å². The zero-order valence-corrected chi connectivity index (χ0v) is 13.5. The van der Waals surface area contributed by atoms with E-state index < -0.39 is 37.3 Å². The van der Waals surface area contributed by atoms with Crippen LogP contribution in [-0.4, -0.2) is 104 Å². The maximum Gasteiger partial charge on any atom is 0.186 e. The van der Waals surface area contributed by atoms with Crippen molar-refractivity contribution in [1.29, 1.82) is 0 Å². The molecule has 0 aromatic rings. The zero-order chi connectivity index (χ0) is 17.8. The third-order valence-corrected chi connectivity index (χ3v) is 3.29. The fourth-order valence-electron chi connectivity index (χ4n) is 2.00. The van der Waals surface area contributed by atoms with Crippen LogP contribution in [0.1, 0.15) is 0 Å². The summed E-state index contributed by atoms with van der Waals surface area (Å²) in [4.78, 5) is 0. The van der Waals surface area contributed by atoms with Crippen LogP contribution in [-0.2, 0) is 23.7 Å². The van der Waals surface area contributed by atoms with E-state index in [-0.39, 0.29) is 19.8 Å². The summed E-state index contributed by atoms with van der Waals surface area (Å²) >= 11 is 0.